The number of benzene rings is 1. The standard InChI is InChI=1S/C17H27N/c1-6-18-16(15-11-17(15,4)5)10-14-8-12(2)7-13(3)9-14/h7-9,15-16,18H,6,10-11H2,1-5H3. The second-order valence-corrected chi connectivity index (χ2v) is 6.66. The fourth-order valence-corrected chi connectivity index (χ4v) is 3.25. The molecule has 2 rings (SSSR count). The van der Waals surface area contributed by atoms with Crippen molar-refractivity contribution in [1.29, 1.82) is 0 Å². The van der Waals surface area contributed by atoms with E-state index in [1.807, 2.05) is 0 Å². The minimum atomic E-state index is 0.547. The third-order valence-corrected chi connectivity index (χ3v) is 4.28. The van der Waals surface area contributed by atoms with Crippen LogP contribution in [-0.4, -0.2) is 12.6 Å². The molecule has 1 nitrogen and oxygen atoms in total. The lowest BCUT2D eigenvalue weighted by Crippen LogP contribution is -2.34. The van der Waals surface area contributed by atoms with Crippen molar-refractivity contribution in [2.75, 3.05) is 6.54 Å². The van der Waals surface area contributed by atoms with Crippen molar-refractivity contribution in [2.45, 2.75) is 53.5 Å². The van der Waals surface area contributed by atoms with E-state index >= 15 is 0 Å². The van der Waals surface area contributed by atoms with E-state index in [-0.39, 0.29) is 0 Å². The summed E-state index contributed by atoms with van der Waals surface area (Å²) in [5, 5.41) is 3.69. The van der Waals surface area contributed by atoms with Crippen molar-refractivity contribution < 1.29 is 0 Å². The van der Waals surface area contributed by atoms with Crippen LogP contribution in [0, 0.1) is 25.2 Å². The Hall–Kier alpha value is -0.820. The highest BCUT2D eigenvalue weighted by atomic mass is 14.9. The molecule has 0 heterocycles. The zero-order chi connectivity index (χ0) is 13.3. The summed E-state index contributed by atoms with van der Waals surface area (Å²) in [7, 11) is 0. The van der Waals surface area contributed by atoms with Crippen LogP contribution in [0.2, 0.25) is 0 Å². The van der Waals surface area contributed by atoms with Gasteiger partial charge in [0.25, 0.3) is 0 Å². The summed E-state index contributed by atoms with van der Waals surface area (Å²) in [5.74, 6) is 0.846. The van der Waals surface area contributed by atoms with Crippen LogP contribution in [0.3, 0.4) is 0 Å². The molecule has 100 valence electrons. The van der Waals surface area contributed by atoms with Crippen LogP contribution in [-0.2, 0) is 6.42 Å². The lowest BCUT2D eigenvalue weighted by atomic mass is 9.95. The predicted molar refractivity (Wildman–Crippen MR) is 79.0 cm³/mol. The SMILES string of the molecule is CCNC(Cc1cc(C)cc(C)c1)C1CC1(C)C. The fourth-order valence-electron chi connectivity index (χ4n) is 3.25. The van der Waals surface area contributed by atoms with E-state index in [9.17, 15) is 0 Å². The van der Waals surface area contributed by atoms with Crippen LogP contribution in [0.15, 0.2) is 18.2 Å². The molecule has 1 N–H and O–H groups in total. The van der Waals surface area contributed by atoms with Gasteiger partial charge in [-0.3, -0.25) is 0 Å². The monoisotopic (exact) mass is 245 g/mol. The first-order chi connectivity index (χ1) is 8.42. The molecule has 1 saturated carbocycles. The molecule has 1 heteroatoms. The first-order valence-corrected chi connectivity index (χ1v) is 7.23. The van der Waals surface area contributed by atoms with E-state index in [0.29, 0.717) is 11.5 Å². The fraction of sp³-hybridized carbons (Fsp3) is 0.647. The summed E-state index contributed by atoms with van der Waals surface area (Å²) in [6.07, 6.45) is 2.54. The van der Waals surface area contributed by atoms with E-state index < -0.39 is 0 Å². The van der Waals surface area contributed by atoms with Crippen molar-refractivity contribution in [3.05, 3.63) is 34.9 Å². The van der Waals surface area contributed by atoms with Crippen molar-refractivity contribution in [1.82, 2.24) is 5.32 Å². The summed E-state index contributed by atoms with van der Waals surface area (Å²) < 4.78 is 0. The van der Waals surface area contributed by atoms with Gasteiger partial charge in [0, 0.05) is 6.04 Å². The number of hydrogen-bond donors (Lipinski definition) is 1. The Morgan fingerprint density at radius 2 is 1.78 bits per heavy atom. The Balaban J connectivity index is 2.09. The number of rotatable bonds is 5. The molecular formula is C17H27N. The first-order valence-electron chi connectivity index (χ1n) is 7.23. The number of hydrogen-bond acceptors (Lipinski definition) is 1. The average Bonchev–Trinajstić information content (AvgIpc) is 2.85. The lowest BCUT2D eigenvalue weighted by Gasteiger charge is -2.20. The van der Waals surface area contributed by atoms with Crippen LogP contribution in [0.1, 0.15) is 43.9 Å². The Bertz CT molecular complexity index is 399. The highest BCUT2D eigenvalue weighted by Gasteiger charge is 2.49. The first kappa shape index (κ1) is 13.6. The smallest absolute Gasteiger partial charge is 0.0141 e. The Morgan fingerprint density at radius 1 is 1.22 bits per heavy atom. The Labute approximate surface area is 112 Å². The molecule has 0 aromatic heterocycles. The Kier molecular flexibility index (Phi) is 3.82. The van der Waals surface area contributed by atoms with E-state index in [2.05, 4.69) is 58.1 Å². The third kappa shape index (κ3) is 3.14. The molecule has 0 spiro atoms. The topological polar surface area (TPSA) is 12.0 Å². The van der Waals surface area contributed by atoms with E-state index in [1.54, 1.807) is 0 Å². The van der Waals surface area contributed by atoms with Gasteiger partial charge in [0.05, 0.1) is 0 Å². The minimum Gasteiger partial charge on any atom is -0.314 e. The largest absolute Gasteiger partial charge is 0.314 e. The molecule has 1 fully saturated rings. The van der Waals surface area contributed by atoms with Gasteiger partial charge in [0.2, 0.25) is 0 Å². The van der Waals surface area contributed by atoms with Gasteiger partial charge in [0.15, 0.2) is 0 Å². The highest BCUT2D eigenvalue weighted by Crippen LogP contribution is 2.54. The normalized spacial score (nSPS) is 22.8. The quantitative estimate of drug-likeness (QED) is 0.830. The van der Waals surface area contributed by atoms with Gasteiger partial charge in [-0.25, -0.2) is 0 Å². The maximum absolute atomic E-state index is 3.69. The van der Waals surface area contributed by atoms with Gasteiger partial charge in [-0.2, -0.15) is 0 Å². The molecule has 2 unspecified atom stereocenters. The maximum Gasteiger partial charge on any atom is 0.0141 e. The van der Waals surface area contributed by atoms with E-state index in [1.165, 1.54) is 29.5 Å². The van der Waals surface area contributed by atoms with Gasteiger partial charge >= 0.3 is 0 Å². The summed E-state index contributed by atoms with van der Waals surface area (Å²) in [6.45, 7) is 12.5. The van der Waals surface area contributed by atoms with Crippen LogP contribution in [0.25, 0.3) is 0 Å². The van der Waals surface area contributed by atoms with E-state index in [4.69, 9.17) is 0 Å². The summed E-state index contributed by atoms with van der Waals surface area (Å²) in [5.41, 5.74) is 4.80. The van der Waals surface area contributed by atoms with Crippen molar-refractivity contribution in [2.24, 2.45) is 11.3 Å². The molecule has 1 aliphatic carbocycles. The Morgan fingerprint density at radius 3 is 2.22 bits per heavy atom. The molecule has 0 saturated heterocycles. The summed E-state index contributed by atoms with van der Waals surface area (Å²) >= 11 is 0. The second-order valence-electron chi connectivity index (χ2n) is 6.66. The van der Waals surface area contributed by atoms with Crippen molar-refractivity contribution >= 4 is 0 Å². The van der Waals surface area contributed by atoms with Crippen LogP contribution < -0.4 is 5.32 Å². The molecule has 0 bridgehead atoms. The van der Waals surface area contributed by atoms with Gasteiger partial charge < -0.3 is 5.32 Å². The molecule has 1 aliphatic rings. The van der Waals surface area contributed by atoms with Gasteiger partial charge in [-0.15, -0.1) is 0 Å². The maximum atomic E-state index is 3.69. The third-order valence-electron chi connectivity index (χ3n) is 4.28. The van der Waals surface area contributed by atoms with Crippen LogP contribution in [0.5, 0.6) is 0 Å². The molecule has 1 aromatic carbocycles. The van der Waals surface area contributed by atoms with Crippen LogP contribution in [0.4, 0.5) is 0 Å². The minimum absolute atomic E-state index is 0.547. The molecular weight excluding hydrogens is 218 g/mol. The van der Waals surface area contributed by atoms with Crippen molar-refractivity contribution in [3.8, 4) is 0 Å². The molecule has 18 heavy (non-hydrogen) atoms. The van der Waals surface area contributed by atoms with Gasteiger partial charge in [0.1, 0.15) is 0 Å². The highest BCUT2D eigenvalue weighted by molar-refractivity contribution is 5.29. The molecule has 1 aromatic rings. The van der Waals surface area contributed by atoms with Gasteiger partial charge in [-0.1, -0.05) is 50.1 Å². The molecule has 0 radical (unpaired) electrons. The summed E-state index contributed by atoms with van der Waals surface area (Å²) in [6, 6.07) is 7.58. The molecule has 0 amide bonds. The number of aryl methyl sites for hydroxylation is 2. The zero-order valence-electron chi connectivity index (χ0n) is 12.5. The zero-order valence-corrected chi connectivity index (χ0v) is 12.5. The number of likely N-dealkylation sites (N-methyl/N-ethyl adjacent to an activating group) is 1. The second kappa shape index (κ2) is 5.05. The van der Waals surface area contributed by atoms with Crippen LogP contribution >= 0.6 is 0 Å². The van der Waals surface area contributed by atoms with Crippen molar-refractivity contribution in [3.63, 3.8) is 0 Å². The molecule has 2 atom stereocenters. The van der Waals surface area contributed by atoms with Gasteiger partial charge in [-0.05, 0) is 50.1 Å². The predicted octanol–water partition coefficient (Wildman–Crippen LogP) is 3.87. The molecule has 0 aliphatic heterocycles. The average molecular weight is 245 g/mol. The lowest BCUT2D eigenvalue weighted by molar-refractivity contribution is 0.409. The summed E-state index contributed by atoms with van der Waals surface area (Å²) in [4.78, 5) is 0. The van der Waals surface area contributed by atoms with E-state index in [0.717, 1.165) is 12.5 Å². The number of nitrogens with one attached hydrogen (secondary N) is 1.